The number of aryl methyl sites for hydroxylation is 2. The summed E-state index contributed by atoms with van der Waals surface area (Å²) in [7, 11) is 0. The molecule has 0 fully saturated rings. The molecule has 7 heteroatoms. The van der Waals surface area contributed by atoms with Gasteiger partial charge in [0.05, 0.1) is 23.0 Å². The predicted octanol–water partition coefficient (Wildman–Crippen LogP) is 3.08. The van der Waals surface area contributed by atoms with E-state index in [1.807, 2.05) is 51.1 Å². The Bertz CT molecular complexity index is 1140. The SMILES string of the molecule is CC[C@@H](C)NC(=O)COC(=O)CCc1nc2ccccc2c(=O)n1-c1ccc(C)cc1. The number of nitrogens with one attached hydrogen (secondary N) is 1. The first kappa shape index (κ1) is 22.2. The molecule has 1 amide bonds. The second-order valence-electron chi connectivity index (χ2n) is 7.56. The van der Waals surface area contributed by atoms with Crippen molar-refractivity contribution in [3.63, 3.8) is 0 Å². The van der Waals surface area contributed by atoms with E-state index in [0.29, 0.717) is 22.4 Å². The van der Waals surface area contributed by atoms with Crippen LogP contribution in [0.1, 0.15) is 38.1 Å². The summed E-state index contributed by atoms with van der Waals surface area (Å²) in [4.78, 5) is 41.8. The van der Waals surface area contributed by atoms with Gasteiger partial charge in [-0.05, 0) is 44.5 Å². The zero-order valence-electron chi connectivity index (χ0n) is 18.1. The molecule has 1 N–H and O–H groups in total. The van der Waals surface area contributed by atoms with Gasteiger partial charge >= 0.3 is 5.97 Å². The van der Waals surface area contributed by atoms with Crippen LogP contribution in [0.3, 0.4) is 0 Å². The third-order valence-corrected chi connectivity index (χ3v) is 5.07. The van der Waals surface area contributed by atoms with Crippen molar-refractivity contribution in [1.82, 2.24) is 14.9 Å². The highest BCUT2D eigenvalue weighted by atomic mass is 16.5. The van der Waals surface area contributed by atoms with Gasteiger partial charge in [-0.2, -0.15) is 0 Å². The zero-order chi connectivity index (χ0) is 22.4. The molecular weight excluding hydrogens is 394 g/mol. The molecule has 3 aromatic rings. The summed E-state index contributed by atoms with van der Waals surface area (Å²) in [5, 5.41) is 3.26. The maximum Gasteiger partial charge on any atom is 0.306 e. The van der Waals surface area contributed by atoms with Gasteiger partial charge in [-0.25, -0.2) is 4.98 Å². The second kappa shape index (κ2) is 10.0. The van der Waals surface area contributed by atoms with Crippen molar-refractivity contribution in [1.29, 1.82) is 0 Å². The lowest BCUT2D eigenvalue weighted by atomic mass is 10.2. The number of hydrogen-bond acceptors (Lipinski definition) is 5. The Morgan fingerprint density at radius 2 is 1.84 bits per heavy atom. The van der Waals surface area contributed by atoms with Crippen molar-refractivity contribution in [2.45, 2.75) is 46.1 Å². The third kappa shape index (κ3) is 5.57. The number of benzene rings is 2. The van der Waals surface area contributed by atoms with E-state index in [-0.39, 0.29) is 37.0 Å². The molecule has 7 nitrogen and oxygen atoms in total. The minimum absolute atomic E-state index is 0.00720. The lowest BCUT2D eigenvalue weighted by Gasteiger charge is -2.14. The summed E-state index contributed by atoms with van der Waals surface area (Å²) in [5.74, 6) is -0.381. The van der Waals surface area contributed by atoms with Crippen LogP contribution in [-0.4, -0.2) is 34.1 Å². The van der Waals surface area contributed by atoms with Crippen molar-refractivity contribution in [3.05, 3.63) is 70.3 Å². The van der Waals surface area contributed by atoms with E-state index in [4.69, 9.17) is 4.74 Å². The number of amides is 1. The Kier molecular flexibility index (Phi) is 7.18. The van der Waals surface area contributed by atoms with Crippen LogP contribution in [-0.2, 0) is 20.7 Å². The average Bonchev–Trinajstić information content (AvgIpc) is 2.77. The number of para-hydroxylation sites is 1. The predicted molar refractivity (Wildman–Crippen MR) is 119 cm³/mol. The molecule has 1 atom stereocenters. The number of rotatable bonds is 8. The first-order valence-corrected chi connectivity index (χ1v) is 10.4. The highest BCUT2D eigenvalue weighted by Gasteiger charge is 2.15. The Morgan fingerprint density at radius 1 is 1.13 bits per heavy atom. The van der Waals surface area contributed by atoms with Crippen LogP contribution in [0.15, 0.2) is 53.3 Å². The fourth-order valence-electron chi connectivity index (χ4n) is 3.16. The maximum absolute atomic E-state index is 13.2. The lowest BCUT2D eigenvalue weighted by molar-refractivity contribution is -0.148. The monoisotopic (exact) mass is 421 g/mol. The molecule has 0 spiro atoms. The van der Waals surface area contributed by atoms with Crippen molar-refractivity contribution < 1.29 is 14.3 Å². The summed E-state index contributed by atoms with van der Waals surface area (Å²) < 4.78 is 6.62. The Labute approximate surface area is 181 Å². The van der Waals surface area contributed by atoms with Gasteiger partial charge in [-0.1, -0.05) is 36.8 Å². The molecule has 162 valence electrons. The van der Waals surface area contributed by atoms with Crippen LogP contribution in [0.25, 0.3) is 16.6 Å². The molecular formula is C24H27N3O4. The Morgan fingerprint density at radius 3 is 2.55 bits per heavy atom. The molecule has 0 aliphatic heterocycles. The molecule has 0 aliphatic carbocycles. The summed E-state index contributed by atoms with van der Waals surface area (Å²) in [6, 6.07) is 14.7. The van der Waals surface area contributed by atoms with Gasteiger partial charge < -0.3 is 10.1 Å². The summed E-state index contributed by atoms with van der Waals surface area (Å²) in [6.07, 6.45) is 1.01. The number of nitrogens with zero attached hydrogens (tertiary/aromatic N) is 2. The van der Waals surface area contributed by atoms with Crippen LogP contribution in [0.4, 0.5) is 0 Å². The molecule has 3 rings (SSSR count). The molecule has 0 bridgehead atoms. The second-order valence-corrected chi connectivity index (χ2v) is 7.56. The highest BCUT2D eigenvalue weighted by molar-refractivity contribution is 5.81. The first-order chi connectivity index (χ1) is 14.9. The summed E-state index contributed by atoms with van der Waals surface area (Å²) >= 11 is 0. The molecule has 0 saturated carbocycles. The highest BCUT2D eigenvalue weighted by Crippen LogP contribution is 2.15. The van der Waals surface area contributed by atoms with Gasteiger partial charge in [0, 0.05) is 12.5 Å². The normalized spacial score (nSPS) is 11.8. The topological polar surface area (TPSA) is 90.3 Å². The number of fused-ring (bicyclic) bond motifs is 1. The summed E-state index contributed by atoms with van der Waals surface area (Å²) in [6.45, 7) is 5.50. The Hall–Kier alpha value is -3.48. The molecule has 0 radical (unpaired) electrons. The number of ether oxygens (including phenoxy) is 1. The van der Waals surface area contributed by atoms with E-state index in [1.165, 1.54) is 4.57 Å². The van der Waals surface area contributed by atoms with E-state index >= 15 is 0 Å². The Balaban J connectivity index is 1.80. The van der Waals surface area contributed by atoms with Crippen LogP contribution in [0.5, 0.6) is 0 Å². The lowest BCUT2D eigenvalue weighted by Crippen LogP contribution is -2.35. The van der Waals surface area contributed by atoms with E-state index in [9.17, 15) is 14.4 Å². The number of aromatic nitrogens is 2. The first-order valence-electron chi connectivity index (χ1n) is 10.4. The molecule has 0 saturated heterocycles. The van der Waals surface area contributed by atoms with Crippen LogP contribution < -0.4 is 10.9 Å². The molecule has 1 aromatic heterocycles. The van der Waals surface area contributed by atoms with E-state index in [0.717, 1.165) is 12.0 Å². The van der Waals surface area contributed by atoms with E-state index < -0.39 is 5.97 Å². The fourth-order valence-corrected chi connectivity index (χ4v) is 3.16. The number of carbonyl (C=O) groups is 2. The van der Waals surface area contributed by atoms with Crippen LogP contribution in [0.2, 0.25) is 0 Å². The molecule has 2 aromatic carbocycles. The van der Waals surface area contributed by atoms with Gasteiger partial charge in [0.15, 0.2) is 6.61 Å². The van der Waals surface area contributed by atoms with Crippen molar-refractivity contribution >= 4 is 22.8 Å². The maximum atomic E-state index is 13.2. The smallest absolute Gasteiger partial charge is 0.306 e. The molecule has 1 heterocycles. The largest absolute Gasteiger partial charge is 0.456 e. The number of esters is 1. The molecule has 31 heavy (non-hydrogen) atoms. The number of hydrogen-bond donors (Lipinski definition) is 1. The minimum atomic E-state index is -0.517. The van der Waals surface area contributed by atoms with Crippen LogP contribution >= 0.6 is 0 Å². The molecule has 0 unspecified atom stereocenters. The third-order valence-electron chi connectivity index (χ3n) is 5.07. The zero-order valence-corrected chi connectivity index (χ0v) is 18.1. The average molecular weight is 421 g/mol. The van der Waals surface area contributed by atoms with Crippen molar-refractivity contribution in [3.8, 4) is 5.69 Å². The van der Waals surface area contributed by atoms with Gasteiger partial charge in [-0.15, -0.1) is 0 Å². The quantitative estimate of drug-likeness (QED) is 0.565. The van der Waals surface area contributed by atoms with Crippen LogP contribution in [0, 0.1) is 6.92 Å². The van der Waals surface area contributed by atoms with E-state index in [1.54, 1.807) is 18.2 Å². The fraction of sp³-hybridized carbons (Fsp3) is 0.333. The van der Waals surface area contributed by atoms with E-state index in [2.05, 4.69) is 10.3 Å². The van der Waals surface area contributed by atoms with Crippen molar-refractivity contribution in [2.75, 3.05) is 6.61 Å². The van der Waals surface area contributed by atoms with Gasteiger partial charge in [-0.3, -0.25) is 19.0 Å². The van der Waals surface area contributed by atoms with Crippen molar-refractivity contribution in [2.24, 2.45) is 0 Å². The molecule has 0 aliphatic rings. The van der Waals surface area contributed by atoms with Gasteiger partial charge in [0.2, 0.25) is 0 Å². The minimum Gasteiger partial charge on any atom is -0.456 e. The standard InChI is InChI=1S/C24H27N3O4/c1-4-17(3)25-22(28)15-31-23(29)14-13-21-26-20-8-6-5-7-19(20)24(30)27(21)18-11-9-16(2)10-12-18/h5-12,17H,4,13-15H2,1-3H3,(H,25,28)/t17-/m1/s1. The number of carbonyl (C=O) groups excluding carboxylic acids is 2. The summed E-state index contributed by atoms with van der Waals surface area (Å²) in [5.41, 5.74) is 2.15. The van der Waals surface area contributed by atoms with Gasteiger partial charge in [0.1, 0.15) is 5.82 Å². The van der Waals surface area contributed by atoms with Gasteiger partial charge in [0.25, 0.3) is 11.5 Å².